The number of amides is 1. The van der Waals surface area contributed by atoms with Crippen molar-refractivity contribution in [3.63, 3.8) is 0 Å². The van der Waals surface area contributed by atoms with Crippen molar-refractivity contribution in [2.24, 2.45) is 33.4 Å². The van der Waals surface area contributed by atoms with E-state index in [2.05, 4.69) is 17.1 Å². The summed E-state index contributed by atoms with van der Waals surface area (Å²) in [5, 5.41) is 19.0. The maximum absolute atomic E-state index is 12.1. The first kappa shape index (κ1) is 10.0. The van der Waals surface area contributed by atoms with Crippen LogP contribution in [0.2, 0.25) is 0 Å². The highest BCUT2D eigenvalue weighted by atomic mass is 16.2. The molecule has 0 aromatic carbocycles. The number of nitrogens with two attached hydrogens (primary N) is 1. The molecule has 84 valence electrons. The Morgan fingerprint density at radius 2 is 1.76 bits per heavy atom. The van der Waals surface area contributed by atoms with Crippen molar-refractivity contribution in [3.05, 3.63) is 12.2 Å². The third-order valence-electron chi connectivity index (χ3n) is 4.41. The minimum atomic E-state index is -1.39. The normalized spacial score (nSPS) is 46.0. The number of allylic oxidation sites excluding steroid dienone is 2. The average molecular weight is 226 g/mol. The highest BCUT2D eigenvalue weighted by Crippen LogP contribution is 2.63. The molecule has 1 heterocycles. The Bertz CT molecular complexity index is 564. The summed E-state index contributed by atoms with van der Waals surface area (Å²) in [7, 11) is 0. The van der Waals surface area contributed by atoms with Crippen LogP contribution in [0.15, 0.2) is 17.1 Å². The summed E-state index contributed by atoms with van der Waals surface area (Å²) in [5.74, 6) is -0.939. The zero-order valence-corrected chi connectivity index (χ0v) is 9.05. The topological polar surface area (TPSA) is 103 Å². The fraction of sp³-hybridized carbons (Fsp3) is 0.500. The van der Waals surface area contributed by atoms with Crippen LogP contribution in [0.1, 0.15) is 12.8 Å². The van der Waals surface area contributed by atoms with Crippen LogP contribution in [0.3, 0.4) is 0 Å². The summed E-state index contributed by atoms with van der Waals surface area (Å²) in [6.45, 7) is 0. The van der Waals surface area contributed by atoms with Crippen LogP contribution < -0.4 is 5.73 Å². The predicted octanol–water partition coefficient (Wildman–Crippen LogP) is 0.500. The first-order valence-electron chi connectivity index (χ1n) is 5.53. The van der Waals surface area contributed by atoms with Gasteiger partial charge in [0.2, 0.25) is 0 Å². The van der Waals surface area contributed by atoms with Gasteiger partial charge in [0, 0.05) is 11.8 Å². The maximum Gasteiger partial charge on any atom is 0.270 e. The molecule has 1 saturated carbocycles. The lowest BCUT2D eigenvalue weighted by atomic mass is 9.46. The number of fused-ring (bicyclic) bond motifs is 1. The van der Waals surface area contributed by atoms with E-state index in [1.54, 1.807) is 0 Å². The molecule has 0 aromatic heterocycles. The van der Waals surface area contributed by atoms with Crippen LogP contribution in [0.4, 0.5) is 0 Å². The Balaban J connectivity index is 2.37. The second kappa shape index (κ2) is 2.75. The number of amidine groups is 1. The Labute approximate surface area is 98.2 Å². The van der Waals surface area contributed by atoms with Crippen LogP contribution in [0, 0.1) is 45.3 Å². The summed E-state index contributed by atoms with van der Waals surface area (Å²) < 4.78 is 0. The largest absolute Gasteiger partial charge is 0.386 e. The molecule has 0 unspecified atom stereocenters. The number of carbonyl (C=O) groups is 1. The van der Waals surface area contributed by atoms with Gasteiger partial charge in [0.25, 0.3) is 5.91 Å². The van der Waals surface area contributed by atoms with Crippen molar-refractivity contribution in [2.45, 2.75) is 12.8 Å². The molecule has 0 radical (unpaired) electrons. The lowest BCUT2D eigenvalue weighted by Crippen LogP contribution is -2.59. The molecule has 4 aliphatic rings. The standard InChI is InChI=1S/C12H10N4O/c13-5-11-7-1-3-8(4-2-7)12(11,6-14)10(17)16-9(11)15/h1,3,7-8H,2,4H2,(H2,15,16,17)/t7-,8+,11+,12-/m0/s1. The molecule has 4 rings (SSSR count). The Morgan fingerprint density at radius 3 is 2.18 bits per heavy atom. The third-order valence-corrected chi connectivity index (χ3v) is 4.41. The van der Waals surface area contributed by atoms with Gasteiger partial charge in [0.05, 0.1) is 12.1 Å². The number of aliphatic imine (C=N–C) groups is 1. The summed E-state index contributed by atoms with van der Waals surface area (Å²) in [6.07, 6.45) is 5.31. The van der Waals surface area contributed by atoms with Crippen LogP contribution >= 0.6 is 0 Å². The van der Waals surface area contributed by atoms with Crippen LogP contribution in [0.5, 0.6) is 0 Å². The van der Waals surface area contributed by atoms with Crippen LogP contribution in [-0.2, 0) is 4.79 Å². The summed E-state index contributed by atoms with van der Waals surface area (Å²) in [4.78, 5) is 15.8. The smallest absolute Gasteiger partial charge is 0.270 e. The first-order valence-corrected chi connectivity index (χ1v) is 5.53. The van der Waals surface area contributed by atoms with Crippen molar-refractivity contribution in [3.8, 4) is 12.1 Å². The van der Waals surface area contributed by atoms with Gasteiger partial charge in [-0.1, -0.05) is 12.2 Å². The van der Waals surface area contributed by atoms with E-state index in [4.69, 9.17) is 5.73 Å². The fourth-order valence-corrected chi connectivity index (χ4v) is 3.58. The highest BCUT2D eigenvalue weighted by molar-refractivity contribution is 6.12. The van der Waals surface area contributed by atoms with Crippen LogP contribution in [-0.4, -0.2) is 11.7 Å². The SMILES string of the molecule is N#C[C@@]12C(N)=NC(=O)[C@]1(C#N)[C@@H]1C=C[C@H]2CC1. The van der Waals surface area contributed by atoms with E-state index in [0.717, 1.165) is 12.8 Å². The van der Waals surface area contributed by atoms with E-state index in [0.29, 0.717) is 0 Å². The molecule has 1 aliphatic heterocycles. The lowest BCUT2D eigenvalue weighted by molar-refractivity contribution is -0.131. The maximum atomic E-state index is 12.1. The monoisotopic (exact) mass is 226 g/mol. The molecule has 2 N–H and O–H groups in total. The van der Waals surface area contributed by atoms with Gasteiger partial charge < -0.3 is 5.73 Å². The van der Waals surface area contributed by atoms with Crippen molar-refractivity contribution >= 4 is 11.7 Å². The Kier molecular flexibility index (Phi) is 1.63. The van der Waals surface area contributed by atoms with Crippen molar-refractivity contribution in [2.75, 3.05) is 0 Å². The number of carbonyl (C=O) groups excluding carboxylic acids is 1. The molecule has 0 spiro atoms. The molecule has 0 saturated heterocycles. The lowest BCUT2D eigenvalue weighted by Gasteiger charge is -2.50. The summed E-state index contributed by atoms with van der Waals surface area (Å²) >= 11 is 0. The van der Waals surface area contributed by atoms with Gasteiger partial charge in [-0.15, -0.1) is 0 Å². The minimum Gasteiger partial charge on any atom is -0.386 e. The fourth-order valence-electron chi connectivity index (χ4n) is 3.58. The van der Waals surface area contributed by atoms with E-state index in [1.807, 2.05) is 12.2 Å². The molecule has 1 fully saturated rings. The van der Waals surface area contributed by atoms with E-state index in [9.17, 15) is 15.3 Å². The number of rotatable bonds is 0. The Morgan fingerprint density at radius 1 is 1.24 bits per heavy atom. The van der Waals surface area contributed by atoms with E-state index in [1.165, 1.54) is 0 Å². The molecule has 0 aromatic rings. The molecule has 5 nitrogen and oxygen atoms in total. The second-order valence-corrected chi connectivity index (χ2v) is 4.82. The molecule has 5 heteroatoms. The van der Waals surface area contributed by atoms with Crippen LogP contribution in [0.25, 0.3) is 0 Å². The van der Waals surface area contributed by atoms with Crippen molar-refractivity contribution < 1.29 is 4.79 Å². The predicted molar refractivity (Wildman–Crippen MR) is 58.1 cm³/mol. The first-order chi connectivity index (χ1) is 8.13. The van der Waals surface area contributed by atoms with Gasteiger partial charge in [-0.3, -0.25) is 4.79 Å². The second-order valence-electron chi connectivity index (χ2n) is 4.82. The van der Waals surface area contributed by atoms with Gasteiger partial charge in [-0.25, -0.2) is 0 Å². The molecule has 17 heavy (non-hydrogen) atoms. The van der Waals surface area contributed by atoms with Gasteiger partial charge >= 0.3 is 0 Å². The minimum absolute atomic E-state index is 0.0191. The number of hydrogen-bond donors (Lipinski definition) is 1. The van der Waals surface area contributed by atoms with Gasteiger partial charge in [-0.05, 0) is 12.8 Å². The quantitative estimate of drug-likeness (QED) is 0.607. The summed E-state index contributed by atoms with van der Waals surface area (Å²) in [6, 6.07) is 4.20. The van der Waals surface area contributed by atoms with E-state index < -0.39 is 16.7 Å². The number of nitrogens with zero attached hydrogens (tertiary/aromatic N) is 3. The number of hydrogen-bond acceptors (Lipinski definition) is 4. The average Bonchev–Trinajstić information content (AvgIpc) is 2.61. The molecular weight excluding hydrogens is 216 g/mol. The highest BCUT2D eigenvalue weighted by Gasteiger charge is 2.73. The van der Waals surface area contributed by atoms with Crippen molar-refractivity contribution in [1.29, 1.82) is 10.5 Å². The van der Waals surface area contributed by atoms with Gasteiger partial charge in [0.1, 0.15) is 11.3 Å². The molecule has 2 bridgehead atoms. The molecule has 4 atom stereocenters. The Hall–Kier alpha value is -2.14. The molecular formula is C12H10N4O. The third kappa shape index (κ3) is 0.754. The van der Waals surface area contributed by atoms with Crippen molar-refractivity contribution in [1.82, 2.24) is 0 Å². The number of nitriles is 2. The van der Waals surface area contributed by atoms with Gasteiger partial charge in [-0.2, -0.15) is 15.5 Å². The zero-order chi connectivity index (χ0) is 12.3. The van der Waals surface area contributed by atoms with Gasteiger partial charge in [0.15, 0.2) is 5.41 Å². The zero-order valence-electron chi connectivity index (χ0n) is 9.05. The van der Waals surface area contributed by atoms with E-state index >= 15 is 0 Å². The molecule has 3 aliphatic carbocycles. The summed E-state index contributed by atoms with van der Waals surface area (Å²) in [5.41, 5.74) is 3.17. The molecule has 1 amide bonds. The van der Waals surface area contributed by atoms with E-state index in [-0.39, 0.29) is 17.7 Å².